The number of phenolic OH excluding ortho intramolecular Hbond substituents is 1. The van der Waals surface area contributed by atoms with E-state index in [1.807, 2.05) is 24.3 Å². The Morgan fingerprint density at radius 3 is 2.46 bits per heavy atom. The number of carbonyl (C=O) groups is 2. The van der Waals surface area contributed by atoms with E-state index in [1.165, 1.54) is 18.2 Å². The second kappa shape index (κ2) is 8.36. The van der Waals surface area contributed by atoms with E-state index in [0.717, 1.165) is 16.5 Å². The van der Waals surface area contributed by atoms with Gasteiger partial charge in [-0.2, -0.15) is 0 Å². The molecule has 0 saturated heterocycles. The predicted molar refractivity (Wildman–Crippen MR) is 109 cm³/mol. The van der Waals surface area contributed by atoms with Crippen molar-refractivity contribution in [3.05, 3.63) is 71.7 Å². The van der Waals surface area contributed by atoms with Gasteiger partial charge in [-0.1, -0.05) is 24.3 Å². The quantitative estimate of drug-likeness (QED) is 0.309. The maximum atomic E-state index is 12.3. The normalized spacial score (nSPS) is 10.8. The average molecular weight is 395 g/mol. The number of hydrogen-bond donors (Lipinski definition) is 4. The first kappa shape index (κ1) is 19.1. The van der Waals surface area contributed by atoms with Crippen molar-refractivity contribution in [1.82, 2.24) is 16.2 Å². The summed E-state index contributed by atoms with van der Waals surface area (Å²) in [5, 5.41) is 14.0. The molecule has 8 heteroatoms. The number of carbonyl (C=O) groups excluding carboxylic acids is 2. The minimum atomic E-state index is -0.596. The lowest BCUT2D eigenvalue weighted by Gasteiger charge is -2.11. The summed E-state index contributed by atoms with van der Waals surface area (Å²) in [6.45, 7) is 1.80. The van der Waals surface area contributed by atoms with Gasteiger partial charge in [0.15, 0.2) is 5.11 Å². The van der Waals surface area contributed by atoms with E-state index in [-0.39, 0.29) is 16.4 Å². The number of hydrazine groups is 1. The van der Waals surface area contributed by atoms with Gasteiger partial charge in [-0.05, 0) is 60.3 Å². The lowest BCUT2D eigenvalue weighted by molar-refractivity contribution is -0.115. The summed E-state index contributed by atoms with van der Waals surface area (Å²) in [6.07, 6.45) is 2.75. The molecule has 0 spiro atoms. The Kier molecular flexibility index (Phi) is 5.71. The zero-order chi connectivity index (χ0) is 20.1. The van der Waals surface area contributed by atoms with Crippen LogP contribution < -0.4 is 16.2 Å². The molecule has 2 amide bonds. The molecule has 3 aromatic rings. The Morgan fingerprint density at radius 1 is 1.07 bits per heavy atom. The Bertz CT molecular complexity index is 1090. The zero-order valence-electron chi connectivity index (χ0n) is 14.9. The molecule has 0 aliphatic carbocycles. The topological polar surface area (TPSA) is 104 Å². The Labute approximate surface area is 166 Å². The van der Waals surface area contributed by atoms with E-state index in [0.29, 0.717) is 5.76 Å². The molecular formula is C20H17N3O4S. The number of rotatable bonds is 3. The highest BCUT2D eigenvalue weighted by Crippen LogP contribution is 2.24. The molecule has 3 rings (SSSR count). The maximum absolute atomic E-state index is 12.3. The number of hydrogen-bond acceptors (Lipinski definition) is 5. The standard InChI is InChI=1S/C20H17N3O4S/c1-12-6-7-15(27-12)8-9-18(25)21-20(28)23-22-19(26)16-10-13-4-2-3-5-14(13)11-17(16)24/h2-11,24H,1H3,(H,22,26)(H2,21,23,25,28). The molecule has 0 fully saturated rings. The molecule has 0 aliphatic rings. The van der Waals surface area contributed by atoms with Crippen molar-refractivity contribution in [2.24, 2.45) is 0 Å². The van der Waals surface area contributed by atoms with Gasteiger partial charge in [0.2, 0.25) is 5.91 Å². The summed E-state index contributed by atoms with van der Waals surface area (Å²) in [6, 6.07) is 13.9. The van der Waals surface area contributed by atoms with Crippen molar-refractivity contribution >= 4 is 46.0 Å². The molecule has 7 nitrogen and oxygen atoms in total. The van der Waals surface area contributed by atoms with Gasteiger partial charge in [0, 0.05) is 6.08 Å². The van der Waals surface area contributed by atoms with Gasteiger partial charge in [-0.15, -0.1) is 0 Å². The van der Waals surface area contributed by atoms with Crippen molar-refractivity contribution in [3.8, 4) is 5.75 Å². The Morgan fingerprint density at radius 2 is 1.79 bits per heavy atom. The average Bonchev–Trinajstić information content (AvgIpc) is 3.09. The van der Waals surface area contributed by atoms with Crippen LogP contribution in [0.4, 0.5) is 0 Å². The predicted octanol–water partition coefficient (Wildman–Crippen LogP) is 2.80. The summed E-state index contributed by atoms with van der Waals surface area (Å²) in [4.78, 5) is 24.1. The number of benzene rings is 2. The summed E-state index contributed by atoms with van der Waals surface area (Å²) in [7, 11) is 0. The van der Waals surface area contributed by atoms with Gasteiger partial charge in [-0.25, -0.2) is 0 Å². The fourth-order valence-corrected chi connectivity index (χ4v) is 2.63. The van der Waals surface area contributed by atoms with E-state index in [1.54, 1.807) is 25.1 Å². The minimum Gasteiger partial charge on any atom is -0.507 e. The molecular weight excluding hydrogens is 378 g/mol. The fraction of sp³-hybridized carbons (Fsp3) is 0.0500. The molecule has 0 radical (unpaired) electrons. The van der Waals surface area contributed by atoms with Gasteiger partial charge in [0.05, 0.1) is 5.56 Å². The maximum Gasteiger partial charge on any atom is 0.273 e. The zero-order valence-corrected chi connectivity index (χ0v) is 15.7. The van der Waals surface area contributed by atoms with Crippen LogP contribution in [0, 0.1) is 6.92 Å². The van der Waals surface area contributed by atoms with Crippen LogP contribution in [0.5, 0.6) is 5.75 Å². The van der Waals surface area contributed by atoms with E-state index < -0.39 is 11.8 Å². The largest absolute Gasteiger partial charge is 0.507 e. The van der Waals surface area contributed by atoms with Crippen LogP contribution in [0.15, 0.2) is 59.0 Å². The van der Waals surface area contributed by atoms with Crippen LogP contribution in [-0.2, 0) is 4.79 Å². The molecule has 0 atom stereocenters. The first-order chi connectivity index (χ1) is 13.4. The third kappa shape index (κ3) is 4.74. The molecule has 4 N–H and O–H groups in total. The summed E-state index contributed by atoms with van der Waals surface area (Å²) >= 11 is 4.97. The summed E-state index contributed by atoms with van der Waals surface area (Å²) in [5.74, 6) is 0.0175. The van der Waals surface area contributed by atoms with Gasteiger partial charge in [-0.3, -0.25) is 25.8 Å². The lowest BCUT2D eigenvalue weighted by Crippen LogP contribution is -2.48. The monoisotopic (exact) mass is 395 g/mol. The third-order valence-electron chi connectivity index (χ3n) is 3.80. The number of amides is 2. The van der Waals surface area contributed by atoms with Gasteiger partial charge >= 0.3 is 0 Å². The van der Waals surface area contributed by atoms with Crippen molar-refractivity contribution in [1.29, 1.82) is 0 Å². The highest BCUT2D eigenvalue weighted by atomic mass is 32.1. The summed E-state index contributed by atoms with van der Waals surface area (Å²) in [5.41, 5.74) is 4.84. The highest BCUT2D eigenvalue weighted by molar-refractivity contribution is 7.80. The van der Waals surface area contributed by atoms with E-state index in [9.17, 15) is 14.7 Å². The van der Waals surface area contributed by atoms with E-state index >= 15 is 0 Å². The summed E-state index contributed by atoms with van der Waals surface area (Å²) < 4.78 is 5.31. The van der Waals surface area contributed by atoms with Gasteiger partial charge in [0.1, 0.15) is 17.3 Å². The van der Waals surface area contributed by atoms with E-state index in [4.69, 9.17) is 16.6 Å². The lowest BCUT2D eigenvalue weighted by atomic mass is 10.1. The molecule has 0 saturated carbocycles. The van der Waals surface area contributed by atoms with E-state index in [2.05, 4.69) is 16.2 Å². The third-order valence-corrected chi connectivity index (χ3v) is 4.00. The van der Waals surface area contributed by atoms with Gasteiger partial charge in [0.25, 0.3) is 5.91 Å². The van der Waals surface area contributed by atoms with Gasteiger partial charge < -0.3 is 9.52 Å². The molecule has 0 bridgehead atoms. The van der Waals surface area contributed by atoms with Crippen molar-refractivity contribution in [3.63, 3.8) is 0 Å². The van der Waals surface area contributed by atoms with Crippen LogP contribution in [-0.4, -0.2) is 22.0 Å². The number of furan rings is 1. The molecule has 0 aliphatic heterocycles. The highest BCUT2D eigenvalue weighted by Gasteiger charge is 2.13. The first-order valence-corrected chi connectivity index (χ1v) is 8.71. The fourth-order valence-electron chi connectivity index (χ4n) is 2.48. The first-order valence-electron chi connectivity index (χ1n) is 8.30. The van der Waals surface area contributed by atoms with Crippen molar-refractivity contribution < 1.29 is 19.1 Å². The smallest absolute Gasteiger partial charge is 0.273 e. The van der Waals surface area contributed by atoms with Crippen molar-refractivity contribution in [2.45, 2.75) is 6.92 Å². The molecule has 0 unspecified atom stereocenters. The Balaban J connectivity index is 1.55. The van der Waals surface area contributed by atoms with Crippen LogP contribution >= 0.6 is 12.2 Å². The molecule has 1 aromatic heterocycles. The second-order valence-electron chi connectivity index (χ2n) is 5.90. The van der Waals surface area contributed by atoms with Crippen LogP contribution in [0.1, 0.15) is 21.9 Å². The van der Waals surface area contributed by atoms with Crippen molar-refractivity contribution in [2.75, 3.05) is 0 Å². The van der Waals surface area contributed by atoms with Crippen LogP contribution in [0.25, 0.3) is 16.8 Å². The number of aryl methyl sites for hydroxylation is 1. The molecule has 28 heavy (non-hydrogen) atoms. The molecule has 1 heterocycles. The van der Waals surface area contributed by atoms with Crippen LogP contribution in [0.2, 0.25) is 0 Å². The number of aromatic hydroxyl groups is 1. The number of fused-ring (bicyclic) bond motifs is 1. The number of nitrogens with one attached hydrogen (secondary N) is 3. The second-order valence-corrected chi connectivity index (χ2v) is 6.30. The Hall–Kier alpha value is -3.65. The SMILES string of the molecule is Cc1ccc(C=CC(=O)NC(=S)NNC(=O)c2cc3ccccc3cc2O)o1. The molecule has 142 valence electrons. The molecule has 2 aromatic carbocycles. The number of phenols is 1. The number of thiocarbonyl (C=S) groups is 1. The minimum absolute atomic E-state index is 0.0772. The van der Waals surface area contributed by atoms with Crippen LogP contribution in [0.3, 0.4) is 0 Å².